The number of carbonyl (C=O) groups is 1. The van der Waals surface area contributed by atoms with Crippen molar-refractivity contribution in [2.45, 2.75) is 11.4 Å². The Hall–Kier alpha value is -0.880. The smallest absolute Gasteiger partial charge is 0.403 e. The minimum Gasteiger partial charge on any atom is -0.459 e. The lowest BCUT2D eigenvalue weighted by atomic mass is 10.2. The van der Waals surface area contributed by atoms with Gasteiger partial charge < -0.3 is 4.74 Å². The zero-order valence-electron chi connectivity index (χ0n) is 9.59. The van der Waals surface area contributed by atoms with Gasteiger partial charge in [-0.05, 0) is 46.9 Å². The Labute approximate surface area is 126 Å². The van der Waals surface area contributed by atoms with Gasteiger partial charge in [-0.15, -0.1) is 0 Å². The number of rotatable bonds is 5. The number of carbonyl (C=O) groups excluding carboxylic acids is 1. The lowest BCUT2D eigenvalue weighted by Crippen LogP contribution is -2.41. The Balaban J connectivity index is 2.68. The fraction of sp³-hybridized carbons (Fsp3) is 0.300. The van der Waals surface area contributed by atoms with Crippen LogP contribution in [0.2, 0.25) is 0 Å². The maximum absolute atomic E-state index is 13.0. The van der Waals surface area contributed by atoms with Crippen molar-refractivity contribution in [1.82, 2.24) is 0 Å². The van der Waals surface area contributed by atoms with Crippen LogP contribution in [0.4, 0.5) is 13.2 Å². The summed E-state index contributed by atoms with van der Waals surface area (Å²) in [7, 11) is -5.92. The molecule has 1 atom stereocenters. The first-order valence-corrected chi connectivity index (χ1v) is 7.49. The fourth-order valence-electron chi connectivity index (χ4n) is 1.08. The lowest BCUT2D eigenvalue weighted by Gasteiger charge is -2.17. The van der Waals surface area contributed by atoms with Gasteiger partial charge in [0.1, 0.15) is 6.61 Å². The van der Waals surface area contributed by atoms with Crippen molar-refractivity contribution in [3.63, 3.8) is 0 Å². The van der Waals surface area contributed by atoms with Crippen molar-refractivity contribution in [1.29, 1.82) is 0 Å². The van der Waals surface area contributed by atoms with Crippen LogP contribution in [0.15, 0.2) is 24.3 Å². The monoisotopic (exact) mass is 424 g/mol. The molecule has 10 heteroatoms. The molecule has 0 saturated heterocycles. The third-order valence-corrected chi connectivity index (χ3v) is 3.81. The number of hydrogen-bond acceptors (Lipinski definition) is 4. The first-order chi connectivity index (χ1) is 9.05. The van der Waals surface area contributed by atoms with Crippen LogP contribution in [0.5, 0.6) is 0 Å². The number of ether oxygens (including phenoxy) is 1. The van der Waals surface area contributed by atoms with Gasteiger partial charge in [0.2, 0.25) is 6.17 Å². The van der Waals surface area contributed by atoms with Crippen LogP contribution in [0, 0.1) is 3.57 Å². The highest BCUT2D eigenvalue weighted by atomic mass is 127. The van der Waals surface area contributed by atoms with Gasteiger partial charge in [-0.25, -0.2) is 9.18 Å². The summed E-state index contributed by atoms with van der Waals surface area (Å²) in [6.07, 6.45) is -3.37. The van der Waals surface area contributed by atoms with Crippen molar-refractivity contribution in [2.24, 2.45) is 0 Å². The molecular weight excluding hydrogens is 416 g/mol. The summed E-state index contributed by atoms with van der Waals surface area (Å²) >= 11 is 1.97. The molecule has 1 rings (SSSR count). The second kappa shape index (κ2) is 6.26. The maximum atomic E-state index is 13.0. The van der Waals surface area contributed by atoms with E-state index in [2.05, 4.69) is 4.74 Å². The number of esters is 1. The standard InChI is InChI=1S/C10H8F3IO5S/c11-8(10(12,13)20(16,17)18)5-19-9(15)6-1-3-7(14)4-2-6/h1-4,8H,5H2,(H,16,17,18). The second-order valence-corrected chi connectivity index (χ2v) is 6.35. The third kappa shape index (κ3) is 4.06. The summed E-state index contributed by atoms with van der Waals surface area (Å²) in [5.41, 5.74) is -0.00668. The maximum Gasteiger partial charge on any atom is 0.403 e. The number of halogens is 4. The largest absolute Gasteiger partial charge is 0.459 e. The molecule has 0 saturated carbocycles. The SMILES string of the molecule is O=C(OCC(F)C(F)(F)S(=O)(=O)O)c1ccc(I)cc1. The zero-order valence-corrected chi connectivity index (χ0v) is 12.6. The van der Waals surface area contributed by atoms with E-state index in [1.54, 1.807) is 0 Å². The fourth-order valence-corrected chi connectivity index (χ4v) is 1.83. The van der Waals surface area contributed by atoms with Gasteiger partial charge in [-0.2, -0.15) is 17.2 Å². The average molecular weight is 424 g/mol. The predicted octanol–water partition coefficient (Wildman–Crippen LogP) is 2.27. The molecule has 0 spiro atoms. The molecule has 20 heavy (non-hydrogen) atoms. The van der Waals surface area contributed by atoms with Crippen molar-refractivity contribution in [2.75, 3.05) is 6.61 Å². The first kappa shape index (κ1) is 17.2. The van der Waals surface area contributed by atoms with Crippen LogP contribution in [0.1, 0.15) is 10.4 Å². The molecule has 0 aromatic heterocycles. The molecule has 0 aliphatic carbocycles. The van der Waals surface area contributed by atoms with Crippen molar-refractivity contribution in [3.8, 4) is 0 Å². The Kier molecular flexibility index (Phi) is 5.38. The molecule has 112 valence electrons. The minimum atomic E-state index is -5.92. The van der Waals surface area contributed by atoms with Crippen molar-refractivity contribution < 1.29 is 35.7 Å². The molecule has 0 aliphatic rings. The van der Waals surface area contributed by atoms with E-state index >= 15 is 0 Å². The van der Waals surface area contributed by atoms with Crippen LogP contribution < -0.4 is 0 Å². The topological polar surface area (TPSA) is 80.7 Å². The summed E-state index contributed by atoms with van der Waals surface area (Å²) in [6, 6.07) is 5.74. The molecule has 0 bridgehead atoms. The molecular formula is C10H8F3IO5S. The quantitative estimate of drug-likeness (QED) is 0.446. The van der Waals surface area contributed by atoms with Crippen molar-refractivity contribution in [3.05, 3.63) is 33.4 Å². The number of alkyl halides is 3. The second-order valence-electron chi connectivity index (χ2n) is 3.61. The normalized spacial score (nSPS) is 13.8. The molecule has 0 radical (unpaired) electrons. The van der Waals surface area contributed by atoms with E-state index in [-0.39, 0.29) is 5.56 Å². The molecule has 0 amide bonds. The van der Waals surface area contributed by atoms with Gasteiger partial charge in [0.25, 0.3) is 0 Å². The van der Waals surface area contributed by atoms with E-state index in [0.717, 1.165) is 3.57 Å². The molecule has 0 heterocycles. The van der Waals surface area contributed by atoms with E-state index in [1.807, 2.05) is 22.6 Å². The molecule has 0 aliphatic heterocycles. The van der Waals surface area contributed by atoms with E-state index in [1.165, 1.54) is 24.3 Å². The minimum absolute atomic E-state index is 0.00668. The Morgan fingerprint density at radius 2 is 1.85 bits per heavy atom. The number of benzene rings is 1. The summed E-state index contributed by atoms with van der Waals surface area (Å²) in [5.74, 6) is -1.09. The average Bonchev–Trinajstić information content (AvgIpc) is 2.34. The van der Waals surface area contributed by atoms with Gasteiger partial charge in [-0.1, -0.05) is 0 Å². The molecule has 1 aromatic rings. The zero-order chi connectivity index (χ0) is 15.6. The molecule has 0 fully saturated rings. The predicted molar refractivity (Wildman–Crippen MR) is 70.8 cm³/mol. The van der Waals surface area contributed by atoms with Crippen LogP contribution in [0.3, 0.4) is 0 Å². The highest BCUT2D eigenvalue weighted by Crippen LogP contribution is 2.27. The van der Waals surface area contributed by atoms with Crippen molar-refractivity contribution >= 4 is 38.7 Å². The van der Waals surface area contributed by atoms with Gasteiger partial charge in [0, 0.05) is 3.57 Å². The Bertz CT molecular complexity index is 587. The first-order valence-electron chi connectivity index (χ1n) is 4.97. The highest BCUT2D eigenvalue weighted by molar-refractivity contribution is 14.1. The molecule has 1 unspecified atom stereocenters. The van der Waals surface area contributed by atoms with Crippen LogP contribution in [-0.4, -0.2) is 37.0 Å². The van der Waals surface area contributed by atoms with Crippen LogP contribution in [0.25, 0.3) is 0 Å². The third-order valence-electron chi connectivity index (χ3n) is 2.15. The summed E-state index contributed by atoms with van der Waals surface area (Å²) in [5, 5.41) is -5.04. The van der Waals surface area contributed by atoms with Crippen LogP contribution >= 0.6 is 22.6 Å². The Morgan fingerprint density at radius 3 is 2.30 bits per heavy atom. The highest BCUT2D eigenvalue weighted by Gasteiger charge is 2.53. The van der Waals surface area contributed by atoms with Gasteiger partial charge in [0.15, 0.2) is 0 Å². The van der Waals surface area contributed by atoms with Gasteiger partial charge in [-0.3, -0.25) is 4.55 Å². The van der Waals surface area contributed by atoms with Crippen LogP contribution in [-0.2, 0) is 14.9 Å². The van der Waals surface area contributed by atoms with Gasteiger partial charge >= 0.3 is 21.3 Å². The summed E-state index contributed by atoms with van der Waals surface area (Å²) in [6.45, 7) is -1.50. The lowest BCUT2D eigenvalue weighted by molar-refractivity contribution is -0.0357. The van der Waals surface area contributed by atoms with E-state index in [4.69, 9.17) is 4.55 Å². The molecule has 1 N–H and O–H groups in total. The molecule has 1 aromatic carbocycles. The summed E-state index contributed by atoms with van der Waals surface area (Å²) in [4.78, 5) is 11.4. The van der Waals surface area contributed by atoms with E-state index in [9.17, 15) is 26.4 Å². The van der Waals surface area contributed by atoms with E-state index < -0.39 is 34.1 Å². The van der Waals surface area contributed by atoms with E-state index in [0.29, 0.717) is 0 Å². The Morgan fingerprint density at radius 1 is 1.35 bits per heavy atom. The number of hydrogen-bond donors (Lipinski definition) is 1. The van der Waals surface area contributed by atoms with Gasteiger partial charge in [0.05, 0.1) is 5.56 Å². The molecule has 5 nitrogen and oxygen atoms in total. The summed E-state index contributed by atoms with van der Waals surface area (Å²) < 4.78 is 72.5.